The minimum atomic E-state index is -3.62. The summed E-state index contributed by atoms with van der Waals surface area (Å²) >= 11 is 6.03. The zero-order chi connectivity index (χ0) is 17.5. The zero-order valence-electron chi connectivity index (χ0n) is 13.2. The van der Waals surface area contributed by atoms with Crippen LogP contribution in [0.4, 0.5) is 0 Å². The van der Waals surface area contributed by atoms with Crippen LogP contribution in [0.2, 0.25) is 5.02 Å². The van der Waals surface area contributed by atoms with Gasteiger partial charge in [-0.25, -0.2) is 8.42 Å². The molecule has 1 aliphatic carbocycles. The van der Waals surface area contributed by atoms with Crippen molar-refractivity contribution >= 4 is 27.3 Å². The predicted octanol–water partition coefficient (Wildman–Crippen LogP) is 1.36. The van der Waals surface area contributed by atoms with Crippen LogP contribution in [-0.2, 0) is 14.6 Å². The summed E-state index contributed by atoms with van der Waals surface area (Å²) in [6, 6.07) is 7.89. The molecule has 1 aromatic rings. The second kappa shape index (κ2) is 6.03. The van der Waals surface area contributed by atoms with Crippen LogP contribution < -0.4 is 5.32 Å². The van der Waals surface area contributed by atoms with E-state index in [1.807, 2.05) is 0 Å². The molecule has 2 atom stereocenters. The maximum Gasteiger partial charge on any atom is 0.238 e. The number of halogens is 1. The fourth-order valence-electron chi connectivity index (χ4n) is 3.05. The zero-order valence-corrected chi connectivity index (χ0v) is 14.8. The smallest absolute Gasteiger partial charge is 0.238 e. The molecule has 2 fully saturated rings. The molecule has 8 heteroatoms. The Balaban J connectivity index is 1.77. The number of carbonyl (C=O) groups is 1. The van der Waals surface area contributed by atoms with Crippen molar-refractivity contribution in [3.05, 3.63) is 29.3 Å². The van der Waals surface area contributed by atoms with Crippen LogP contribution in [0.15, 0.2) is 29.2 Å². The van der Waals surface area contributed by atoms with Gasteiger partial charge in [0.15, 0.2) is 9.84 Å². The number of carbonyl (C=O) groups excluding carboxylic acids is 1. The molecule has 0 aromatic heterocycles. The number of rotatable bonds is 4. The van der Waals surface area contributed by atoms with Crippen molar-refractivity contribution in [2.24, 2.45) is 0 Å². The third-order valence-electron chi connectivity index (χ3n) is 4.72. The number of likely N-dealkylation sites (tertiary alicyclic amines) is 1. The molecular weight excluding hydrogens is 350 g/mol. The van der Waals surface area contributed by atoms with E-state index in [9.17, 15) is 13.2 Å². The van der Waals surface area contributed by atoms with E-state index in [1.54, 1.807) is 30.1 Å². The van der Waals surface area contributed by atoms with Crippen molar-refractivity contribution in [1.82, 2.24) is 10.2 Å². The Morgan fingerprint density at radius 1 is 1.42 bits per heavy atom. The van der Waals surface area contributed by atoms with Gasteiger partial charge in [-0.05, 0) is 38.4 Å². The molecule has 0 unspecified atom stereocenters. The van der Waals surface area contributed by atoms with Gasteiger partial charge in [-0.1, -0.05) is 23.7 Å². The third-order valence-corrected chi connectivity index (χ3v) is 7.35. The summed E-state index contributed by atoms with van der Waals surface area (Å²) in [5, 5.41) is 11.3. The Labute approximate surface area is 146 Å². The lowest BCUT2D eigenvalue weighted by Crippen LogP contribution is -2.46. The fraction of sp³-hybridized carbons (Fsp3) is 0.500. The van der Waals surface area contributed by atoms with Crippen LogP contribution >= 0.6 is 11.6 Å². The summed E-state index contributed by atoms with van der Waals surface area (Å²) < 4.78 is 25.7. The molecule has 0 bridgehead atoms. The van der Waals surface area contributed by atoms with Crippen LogP contribution in [0.3, 0.4) is 0 Å². The number of sulfone groups is 1. The Hall–Kier alpha value is -1.62. The van der Waals surface area contributed by atoms with E-state index in [0.717, 1.165) is 0 Å². The first-order chi connectivity index (χ1) is 11.3. The lowest BCUT2D eigenvalue weighted by molar-refractivity contribution is -0.125. The van der Waals surface area contributed by atoms with E-state index in [4.69, 9.17) is 16.9 Å². The summed E-state index contributed by atoms with van der Waals surface area (Å²) in [5.74, 6) is -0.284. The molecule has 3 rings (SSSR count). The maximum absolute atomic E-state index is 12.8. The minimum absolute atomic E-state index is 0.0989. The molecule has 1 saturated carbocycles. The number of benzene rings is 1. The molecule has 0 spiro atoms. The van der Waals surface area contributed by atoms with Crippen LogP contribution in [0.5, 0.6) is 0 Å². The number of nitrogens with one attached hydrogen (secondary N) is 1. The Morgan fingerprint density at radius 2 is 2.08 bits per heavy atom. The monoisotopic (exact) mass is 367 g/mol. The van der Waals surface area contributed by atoms with Gasteiger partial charge in [-0.2, -0.15) is 5.26 Å². The van der Waals surface area contributed by atoms with Crippen LogP contribution in [0, 0.1) is 11.3 Å². The summed E-state index contributed by atoms with van der Waals surface area (Å²) in [6.45, 7) is 0.255. The lowest BCUT2D eigenvalue weighted by Gasteiger charge is -2.20. The van der Waals surface area contributed by atoms with Gasteiger partial charge in [0.05, 0.1) is 27.3 Å². The van der Waals surface area contributed by atoms with Crippen molar-refractivity contribution in [3.63, 3.8) is 0 Å². The van der Waals surface area contributed by atoms with E-state index in [2.05, 4.69) is 11.4 Å². The van der Waals surface area contributed by atoms with Gasteiger partial charge in [-0.3, -0.25) is 9.69 Å². The number of nitrogens with zero attached hydrogens (tertiary/aromatic N) is 2. The molecule has 2 aliphatic rings. The summed E-state index contributed by atoms with van der Waals surface area (Å²) in [7, 11) is -1.90. The van der Waals surface area contributed by atoms with Crippen molar-refractivity contribution in [1.29, 1.82) is 5.26 Å². The summed E-state index contributed by atoms with van der Waals surface area (Å²) in [5.41, 5.74) is -0.752. The van der Waals surface area contributed by atoms with Crippen molar-refractivity contribution < 1.29 is 13.2 Å². The van der Waals surface area contributed by atoms with Gasteiger partial charge in [0.1, 0.15) is 5.54 Å². The van der Waals surface area contributed by atoms with E-state index >= 15 is 0 Å². The fourth-order valence-corrected chi connectivity index (χ4v) is 5.34. The molecule has 6 nitrogen and oxygen atoms in total. The molecule has 1 heterocycles. The highest BCUT2D eigenvalue weighted by Crippen LogP contribution is 2.36. The quantitative estimate of drug-likeness (QED) is 0.867. The standard InChI is InChI=1S/C16H18ClN3O3S/c1-20-9-11(24(22,23)14-5-3-2-4-12(14)17)8-13(20)15(21)19-16(10-18)6-7-16/h2-5,11,13H,6-9H2,1H3,(H,19,21)/t11-,13+/m1/s1. The highest BCUT2D eigenvalue weighted by atomic mass is 35.5. The first-order valence-electron chi connectivity index (χ1n) is 7.71. The Kier molecular flexibility index (Phi) is 4.32. The molecule has 24 heavy (non-hydrogen) atoms. The van der Waals surface area contributed by atoms with E-state index in [0.29, 0.717) is 12.8 Å². The predicted molar refractivity (Wildman–Crippen MR) is 89.2 cm³/mol. The van der Waals surface area contributed by atoms with Crippen molar-refractivity contribution in [2.45, 2.75) is 41.0 Å². The molecule has 128 valence electrons. The number of hydrogen-bond acceptors (Lipinski definition) is 5. The molecule has 1 N–H and O–H groups in total. The molecular formula is C16H18ClN3O3S. The third kappa shape index (κ3) is 3.02. The Bertz CT molecular complexity index is 814. The molecule has 0 radical (unpaired) electrons. The highest BCUT2D eigenvalue weighted by molar-refractivity contribution is 7.92. The summed E-state index contributed by atoms with van der Waals surface area (Å²) in [4.78, 5) is 14.2. The van der Waals surface area contributed by atoms with E-state index in [-0.39, 0.29) is 28.8 Å². The number of hydrogen-bond donors (Lipinski definition) is 1. The number of nitriles is 1. The van der Waals surface area contributed by atoms with E-state index in [1.165, 1.54) is 6.07 Å². The Morgan fingerprint density at radius 3 is 2.67 bits per heavy atom. The van der Waals surface area contributed by atoms with Gasteiger partial charge in [0, 0.05) is 6.54 Å². The van der Waals surface area contributed by atoms with Crippen molar-refractivity contribution in [2.75, 3.05) is 13.6 Å². The first kappa shape index (κ1) is 17.2. The van der Waals surface area contributed by atoms with Gasteiger partial charge >= 0.3 is 0 Å². The largest absolute Gasteiger partial charge is 0.336 e. The topological polar surface area (TPSA) is 90.3 Å². The average Bonchev–Trinajstić information content (AvgIpc) is 3.19. The normalized spacial score (nSPS) is 25.9. The van der Waals surface area contributed by atoms with Gasteiger partial charge < -0.3 is 5.32 Å². The van der Waals surface area contributed by atoms with Gasteiger partial charge in [0.2, 0.25) is 5.91 Å². The van der Waals surface area contributed by atoms with Gasteiger partial charge in [-0.15, -0.1) is 0 Å². The number of amides is 1. The molecule has 1 saturated heterocycles. The second-order valence-electron chi connectivity index (χ2n) is 6.47. The SMILES string of the molecule is CN1C[C@H](S(=O)(=O)c2ccccc2Cl)C[C@H]1C(=O)NC1(C#N)CC1. The molecule has 1 aromatic carbocycles. The first-order valence-corrected chi connectivity index (χ1v) is 9.63. The van der Waals surface area contributed by atoms with Crippen LogP contribution in [-0.4, -0.2) is 49.6 Å². The average molecular weight is 368 g/mol. The second-order valence-corrected chi connectivity index (χ2v) is 9.08. The van der Waals surface area contributed by atoms with Crippen molar-refractivity contribution in [3.8, 4) is 6.07 Å². The maximum atomic E-state index is 12.8. The van der Waals surface area contributed by atoms with Crippen LogP contribution in [0.25, 0.3) is 0 Å². The highest BCUT2D eigenvalue weighted by Gasteiger charge is 2.48. The van der Waals surface area contributed by atoms with E-state index < -0.39 is 26.7 Å². The molecule has 1 aliphatic heterocycles. The van der Waals surface area contributed by atoms with Gasteiger partial charge in [0.25, 0.3) is 0 Å². The number of likely N-dealkylation sites (N-methyl/N-ethyl adjacent to an activating group) is 1. The molecule has 1 amide bonds. The van der Waals surface area contributed by atoms with Crippen LogP contribution in [0.1, 0.15) is 19.3 Å². The minimum Gasteiger partial charge on any atom is -0.336 e. The lowest BCUT2D eigenvalue weighted by atomic mass is 10.2. The summed E-state index contributed by atoms with van der Waals surface area (Å²) in [6.07, 6.45) is 1.48.